The molecule has 1 N–H and O–H groups in total. The fourth-order valence-corrected chi connectivity index (χ4v) is 2.21. The van der Waals surface area contributed by atoms with Gasteiger partial charge in [0, 0.05) is 6.42 Å². The summed E-state index contributed by atoms with van der Waals surface area (Å²) in [5.41, 5.74) is 0. The van der Waals surface area contributed by atoms with Crippen LogP contribution < -0.4 is 0 Å². The Morgan fingerprint density at radius 3 is 1.68 bits per heavy atom. The van der Waals surface area contributed by atoms with E-state index in [2.05, 4.69) is 43.4 Å². The Labute approximate surface area is 137 Å². The lowest BCUT2D eigenvalue weighted by Gasteiger charge is -1.98. The van der Waals surface area contributed by atoms with Crippen LogP contribution in [0, 0.1) is 0 Å². The van der Waals surface area contributed by atoms with Crippen molar-refractivity contribution >= 4 is 5.97 Å². The Hall–Kier alpha value is -1.31. The molecule has 0 aliphatic heterocycles. The third-order valence-electron chi connectivity index (χ3n) is 3.50. The van der Waals surface area contributed by atoms with E-state index >= 15 is 0 Å². The van der Waals surface area contributed by atoms with Crippen LogP contribution >= 0.6 is 0 Å². The van der Waals surface area contributed by atoms with Gasteiger partial charge in [-0.15, -0.1) is 0 Å². The summed E-state index contributed by atoms with van der Waals surface area (Å²) >= 11 is 0. The second kappa shape index (κ2) is 17.7. The number of allylic oxidation sites excluding steroid dienone is 6. The number of carbonyl (C=O) groups is 1. The van der Waals surface area contributed by atoms with Gasteiger partial charge in [0.25, 0.3) is 0 Å². The smallest absolute Gasteiger partial charge is 0.303 e. The molecule has 0 saturated heterocycles. The van der Waals surface area contributed by atoms with Crippen LogP contribution in [0.1, 0.15) is 84.0 Å². The maximum Gasteiger partial charge on any atom is 0.303 e. The summed E-state index contributed by atoms with van der Waals surface area (Å²) in [6.45, 7) is 2.16. The molecule has 0 saturated carbocycles. The van der Waals surface area contributed by atoms with Crippen LogP contribution in [0.25, 0.3) is 0 Å². The predicted molar refractivity (Wildman–Crippen MR) is 96.1 cm³/mol. The van der Waals surface area contributed by atoms with E-state index in [0.717, 1.165) is 57.8 Å². The minimum atomic E-state index is -0.672. The highest BCUT2D eigenvalue weighted by molar-refractivity contribution is 5.66. The van der Waals surface area contributed by atoms with Crippen molar-refractivity contribution in [3.05, 3.63) is 36.5 Å². The number of carboxylic acids is 1. The molecule has 0 rings (SSSR count). The summed E-state index contributed by atoms with van der Waals surface area (Å²) in [6.07, 6.45) is 26.3. The van der Waals surface area contributed by atoms with E-state index in [4.69, 9.17) is 5.11 Å². The fraction of sp³-hybridized carbons (Fsp3) is 0.650. The molecule has 0 radical (unpaired) electrons. The third kappa shape index (κ3) is 18.7. The van der Waals surface area contributed by atoms with Crippen molar-refractivity contribution in [3.8, 4) is 0 Å². The van der Waals surface area contributed by atoms with Gasteiger partial charge in [-0.3, -0.25) is 4.79 Å². The van der Waals surface area contributed by atoms with Gasteiger partial charge in [-0.2, -0.15) is 0 Å². The largest absolute Gasteiger partial charge is 0.481 e. The van der Waals surface area contributed by atoms with Gasteiger partial charge < -0.3 is 5.11 Å². The molecule has 0 aromatic heterocycles. The maximum absolute atomic E-state index is 10.3. The van der Waals surface area contributed by atoms with E-state index in [1.54, 1.807) is 0 Å². The van der Waals surface area contributed by atoms with Crippen molar-refractivity contribution in [1.29, 1.82) is 0 Å². The van der Waals surface area contributed by atoms with Crippen LogP contribution in [-0.2, 0) is 4.79 Å². The van der Waals surface area contributed by atoms with Gasteiger partial charge >= 0.3 is 5.97 Å². The van der Waals surface area contributed by atoms with Crippen LogP contribution in [0.5, 0.6) is 0 Å². The summed E-state index contributed by atoms with van der Waals surface area (Å²) < 4.78 is 0. The molecule has 22 heavy (non-hydrogen) atoms. The van der Waals surface area contributed by atoms with Gasteiger partial charge in [0.2, 0.25) is 0 Å². The second-order valence-corrected chi connectivity index (χ2v) is 5.68. The first-order chi connectivity index (χ1) is 10.8. The Bertz CT molecular complexity index is 327. The van der Waals surface area contributed by atoms with Crippen LogP contribution in [0.4, 0.5) is 0 Å². The van der Waals surface area contributed by atoms with Crippen LogP contribution in [0.3, 0.4) is 0 Å². The zero-order valence-electron chi connectivity index (χ0n) is 14.3. The van der Waals surface area contributed by atoms with Crippen LogP contribution in [-0.4, -0.2) is 11.1 Å². The van der Waals surface area contributed by atoms with Crippen molar-refractivity contribution in [1.82, 2.24) is 0 Å². The molecule has 0 atom stereocenters. The molecule has 0 unspecified atom stereocenters. The molecule has 0 aliphatic carbocycles. The third-order valence-corrected chi connectivity index (χ3v) is 3.50. The van der Waals surface area contributed by atoms with Crippen molar-refractivity contribution in [2.24, 2.45) is 0 Å². The first-order valence-corrected chi connectivity index (χ1v) is 8.94. The predicted octanol–water partition coefficient (Wildman–Crippen LogP) is 6.44. The number of hydrogen-bond donors (Lipinski definition) is 1. The average Bonchev–Trinajstić information content (AvgIpc) is 2.50. The molecule has 0 aromatic rings. The highest BCUT2D eigenvalue weighted by atomic mass is 16.4. The van der Waals surface area contributed by atoms with Gasteiger partial charge in [-0.1, -0.05) is 62.6 Å². The first-order valence-electron chi connectivity index (χ1n) is 8.94. The van der Waals surface area contributed by atoms with E-state index in [0.29, 0.717) is 6.42 Å². The quantitative estimate of drug-likeness (QED) is 0.279. The minimum Gasteiger partial charge on any atom is -0.481 e. The summed E-state index contributed by atoms with van der Waals surface area (Å²) in [4.78, 5) is 10.3. The van der Waals surface area contributed by atoms with Crippen molar-refractivity contribution < 1.29 is 9.90 Å². The Balaban J connectivity index is 3.22. The van der Waals surface area contributed by atoms with Gasteiger partial charge in [-0.05, 0) is 51.4 Å². The highest BCUT2D eigenvalue weighted by Gasteiger charge is 1.95. The number of unbranched alkanes of at least 4 members (excludes halogenated alkanes) is 7. The summed E-state index contributed by atoms with van der Waals surface area (Å²) in [6, 6.07) is 0. The molecule has 0 aliphatic rings. The molecule has 126 valence electrons. The molecule has 0 amide bonds. The van der Waals surface area contributed by atoms with E-state index in [1.807, 2.05) is 0 Å². The zero-order valence-corrected chi connectivity index (χ0v) is 14.3. The van der Waals surface area contributed by atoms with Gasteiger partial charge in [0.15, 0.2) is 0 Å². The molecule has 0 bridgehead atoms. The van der Waals surface area contributed by atoms with E-state index in [9.17, 15) is 4.79 Å². The molecule has 0 heterocycles. The van der Waals surface area contributed by atoms with Gasteiger partial charge in [0.05, 0.1) is 0 Å². The molecule has 0 spiro atoms. The number of hydrogen-bond acceptors (Lipinski definition) is 1. The maximum atomic E-state index is 10.3. The van der Waals surface area contributed by atoms with Crippen LogP contribution in [0.2, 0.25) is 0 Å². The Morgan fingerprint density at radius 1 is 0.682 bits per heavy atom. The van der Waals surface area contributed by atoms with Gasteiger partial charge in [0.1, 0.15) is 0 Å². The molecular weight excluding hydrogens is 272 g/mol. The molecule has 0 aromatic carbocycles. The number of aliphatic carboxylic acids is 1. The standard InChI is InChI=1S/C20H34O2/c1-2-3-4-5-6-7-8-9-10-11-12-13-14-15-16-17-18-19-20(21)22/h3-4,7-8,11-12H,2,5-6,9-10,13-19H2,1H3,(H,21,22)/b4-3+,8-7+,12-11+. The highest BCUT2D eigenvalue weighted by Crippen LogP contribution is 2.08. The topological polar surface area (TPSA) is 37.3 Å². The molecular formula is C20H34O2. The lowest BCUT2D eigenvalue weighted by molar-refractivity contribution is -0.137. The van der Waals surface area contributed by atoms with E-state index in [1.165, 1.54) is 12.8 Å². The lowest BCUT2D eigenvalue weighted by atomic mass is 10.1. The van der Waals surface area contributed by atoms with Gasteiger partial charge in [-0.25, -0.2) is 0 Å². The van der Waals surface area contributed by atoms with Crippen LogP contribution in [0.15, 0.2) is 36.5 Å². The van der Waals surface area contributed by atoms with Crippen molar-refractivity contribution in [3.63, 3.8) is 0 Å². The zero-order chi connectivity index (χ0) is 16.3. The van der Waals surface area contributed by atoms with Crippen molar-refractivity contribution in [2.45, 2.75) is 84.0 Å². The van der Waals surface area contributed by atoms with Crippen molar-refractivity contribution in [2.75, 3.05) is 0 Å². The first kappa shape index (κ1) is 20.7. The Morgan fingerprint density at radius 2 is 1.14 bits per heavy atom. The monoisotopic (exact) mass is 306 g/mol. The fourth-order valence-electron chi connectivity index (χ4n) is 2.21. The van der Waals surface area contributed by atoms with E-state index in [-0.39, 0.29) is 0 Å². The Kier molecular flexibility index (Phi) is 16.7. The molecule has 2 heteroatoms. The minimum absolute atomic E-state index is 0.322. The molecule has 2 nitrogen and oxygen atoms in total. The van der Waals surface area contributed by atoms with E-state index < -0.39 is 5.97 Å². The number of rotatable bonds is 15. The summed E-state index contributed by atoms with van der Waals surface area (Å²) in [5, 5.41) is 8.52. The molecule has 0 fully saturated rings. The number of carboxylic acid groups (broad SMARTS) is 1. The lowest BCUT2D eigenvalue weighted by Crippen LogP contribution is -1.93. The summed E-state index contributed by atoms with van der Waals surface area (Å²) in [7, 11) is 0. The summed E-state index contributed by atoms with van der Waals surface area (Å²) in [5.74, 6) is -0.672. The SMILES string of the molecule is CC/C=C/CC/C=C/CC/C=C/CCCCCCCC(=O)O. The normalized spacial score (nSPS) is 12.0. The average molecular weight is 306 g/mol. The second-order valence-electron chi connectivity index (χ2n) is 5.68.